The van der Waals surface area contributed by atoms with Gasteiger partial charge in [0.05, 0.1) is 5.56 Å². The highest BCUT2D eigenvalue weighted by Gasteiger charge is 2.34. The van der Waals surface area contributed by atoms with Crippen LogP contribution in [0.15, 0.2) is 12.1 Å². The molecule has 2 nitrogen and oxygen atoms in total. The predicted octanol–water partition coefficient (Wildman–Crippen LogP) is 3.77. The molecule has 0 atom stereocenters. The first-order valence-corrected chi connectivity index (χ1v) is 7.16. The largest absolute Gasteiger partial charge is 0.314 e. The van der Waals surface area contributed by atoms with Gasteiger partial charge in [-0.05, 0) is 38.4 Å². The van der Waals surface area contributed by atoms with Gasteiger partial charge in [-0.25, -0.2) is 8.78 Å². The predicted molar refractivity (Wildman–Crippen MR) is 74.9 cm³/mol. The lowest BCUT2D eigenvalue weighted by Gasteiger charge is -2.36. The van der Waals surface area contributed by atoms with Crippen molar-refractivity contribution in [2.45, 2.75) is 51.0 Å². The number of hydrogen-bond donors (Lipinski definition) is 1. The molecule has 0 heterocycles. The Hall–Kier alpha value is -1.29. The van der Waals surface area contributed by atoms with Crippen LogP contribution in [0.3, 0.4) is 0 Å². The van der Waals surface area contributed by atoms with Crippen molar-refractivity contribution in [3.05, 3.63) is 34.9 Å². The van der Waals surface area contributed by atoms with Gasteiger partial charge in [-0.3, -0.25) is 4.79 Å². The average molecular weight is 281 g/mol. The molecule has 1 aromatic rings. The van der Waals surface area contributed by atoms with Crippen LogP contribution in [0, 0.1) is 18.6 Å². The summed E-state index contributed by atoms with van der Waals surface area (Å²) in [6, 6.07) is 2.52. The second-order valence-corrected chi connectivity index (χ2v) is 5.74. The van der Waals surface area contributed by atoms with Gasteiger partial charge in [-0.1, -0.05) is 25.3 Å². The van der Waals surface area contributed by atoms with Crippen molar-refractivity contribution in [3.63, 3.8) is 0 Å². The minimum absolute atomic E-state index is 0.154. The monoisotopic (exact) mass is 281 g/mol. The standard InChI is InChI=1S/C16H21F2NO/c1-11-6-7-12(17)14(15(11)18)13(20)10-16(19-2)8-4-3-5-9-16/h6-7,19H,3-5,8-10H2,1-2H3. The first-order chi connectivity index (χ1) is 9.49. The summed E-state index contributed by atoms with van der Waals surface area (Å²) < 4.78 is 27.8. The Kier molecular flexibility index (Phi) is 4.53. The molecular weight excluding hydrogens is 260 g/mol. The van der Waals surface area contributed by atoms with E-state index >= 15 is 0 Å². The van der Waals surface area contributed by atoms with E-state index < -0.39 is 17.4 Å². The zero-order chi connectivity index (χ0) is 14.8. The van der Waals surface area contributed by atoms with Crippen molar-refractivity contribution in [3.8, 4) is 0 Å². The summed E-state index contributed by atoms with van der Waals surface area (Å²) in [4.78, 5) is 12.4. The summed E-state index contributed by atoms with van der Waals surface area (Å²) >= 11 is 0. The lowest BCUT2D eigenvalue weighted by atomic mass is 9.77. The minimum atomic E-state index is -0.764. The average Bonchev–Trinajstić information content (AvgIpc) is 2.44. The molecule has 1 fully saturated rings. The molecule has 0 unspecified atom stereocenters. The van der Waals surface area contributed by atoms with Gasteiger partial charge in [0.25, 0.3) is 0 Å². The number of hydrogen-bond acceptors (Lipinski definition) is 2. The Morgan fingerprint density at radius 2 is 1.90 bits per heavy atom. The van der Waals surface area contributed by atoms with Gasteiger partial charge in [-0.2, -0.15) is 0 Å². The number of Topliss-reactive ketones (excluding diaryl/α,β-unsaturated/α-hetero) is 1. The molecule has 1 aromatic carbocycles. The number of aryl methyl sites for hydroxylation is 1. The van der Waals surface area contributed by atoms with Gasteiger partial charge in [0.15, 0.2) is 5.78 Å². The molecule has 0 bridgehead atoms. The smallest absolute Gasteiger partial charge is 0.170 e. The van der Waals surface area contributed by atoms with Crippen LogP contribution < -0.4 is 5.32 Å². The minimum Gasteiger partial charge on any atom is -0.314 e. The summed E-state index contributed by atoms with van der Waals surface area (Å²) in [6.45, 7) is 1.54. The van der Waals surface area contributed by atoms with Gasteiger partial charge in [0, 0.05) is 12.0 Å². The maximum absolute atomic E-state index is 14.0. The second kappa shape index (κ2) is 6.00. The van der Waals surface area contributed by atoms with Gasteiger partial charge in [-0.15, -0.1) is 0 Å². The van der Waals surface area contributed by atoms with Gasteiger partial charge < -0.3 is 5.32 Å². The fourth-order valence-corrected chi connectivity index (χ4v) is 3.05. The summed E-state index contributed by atoms with van der Waals surface area (Å²) in [5.41, 5.74) is -0.389. The number of nitrogens with one attached hydrogen (secondary N) is 1. The fourth-order valence-electron chi connectivity index (χ4n) is 3.05. The molecule has 20 heavy (non-hydrogen) atoms. The zero-order valence-corrected chi connectivity index (χ0v) is 12.1. The topological polar surface area (TPSA) is 29.1 Å². The number of carbonyl (C=O) groups is 1. The molecule has 1 aliphatic carbocycles. The van der Waals surface area contributed by atoms with Crippen molar-refractivity contribution < 1.29 is 13.6 Å². The van der Waals surface area contributed by atoms with E-state index in [4.69, 9.17) is 0 Å². The van der Waals surface area contributed by atoms with E-state index in [0.29, 0.717) is 5.56 Å². The Labute approximate surface area is 118 Å². The highest BCUT2D eigenvalue weighted by molar-refractivity contribution is 5.97. The lowest BCUT2D eigenvalue weighted by molar-refractivity contribution is 0.0906. The normalized spacial score (nSPS) is 18.0. The van der Waals surface area contributed by atoms with Crippen LogP contribution in [-0.2, 0) is 0 Å². The molecule has 0 radical (unpaired) electrons. The van der Waals surface area contributed by atoms with Crippen LogP contribution in [0.1, 0.15) is 54.4 Å². The Morgan fingerprint density at radius 1 is 1.25 bits per heavy atom. The molecule has 0 aliphatic heterocycles. The third-order valence-electron chi connectivity index (χ3n) is 4.40. The van der Waals surface area contributed by atoms with Crippen molar-refractivity contribution in [2.75, 3.05) is 7.05 Å². The van der Waals surface area contributed by atoms with Gasteiger partial charge >= 0.3 is 0 Å². The van der Waals surface area contributed by atoms with E-state index in [9.17, 15) is 13.6 Å². The van der Waals surface area contributed by atoms with E-state index in [1.54, 1.807) is 6.92 Å². The number of benzene rings is 1. The van der Waals surface area contributed by atoms with E-state index in [-0.39, 0.29) is 17.5 Å². The molecule has 1 N–H and O–H groups in total. The Bertz CT molecular complexity index is 507. The first-order valence-electron chi connectivity index (χ1n) is 7.16. The van der Waals surface area contributed by atoms with Gasteiger partial charge in [0.1, 0.15) is 11.6 Å². The molecule has 1 aliphatic rings. The third kappa shape index (κ3) is 2.90. The molecule has 4 heteroatoms. The molecule has 1 saturated carbocycles. The SMILES string of the molecule is CNC1(CC(=O)c2c(F)ccc(C)c2F)CCCCC1. The van der Waals surface area contributed by atoms with Crippen LogP contribution in [-0.4, -0.2) is 18.4 Å². The summed E-state index contributed by atoms with van der Waals surface area (Å²) in [7, 11) is 1.82. The number of halogens is 2. The molecular formula is C16H21F2NO. The van der Waals surface area contributed by atoms with Crippen molar-refractivity contribution in [1.82, 2.24) is 5.32 Å². The van der Waals surface area contributed by atoms with Crippen LogP contribution >= 0.6 is 0 Å². The number of ketones is 1. The van der Waals surface area contributed by atoms with E-state index in [0.717, 1.165) is 32.1 Å². The van der Waals surface area contributed by atoms with Crippen molar-refractivity contribution in [1.29, 1.82) is 0 Å². The molecule has 110 valence electrons. The highest BCUT2D eigenvalue weighted by atomic mass is 19.1. The van der Waals surface area contributed by atoms with Crippen LogP contribution in [0.4, 0.5) is 8.78 Å². The molecule has 2 rings (SSSR count). The van der Waals surface area contributed by atoms with Crippen molar-refractivity contribution in [2.24, 2.45) is 0 Å². The summed E-state index contributed by atoms with van der Waals surface area (Å²) in [5.74, 6) is -1.93. The van der Waals surface area contributed by atoms with Crippen LogP contribution in [0.5, 0.6) is 0 Å². The molecule has 0 amide bonds. The van der Waals surface area contributed by atoms with Gasteiger partial charge in [0.2, 0.25) is 0 Å². The van der Waals surface area contributed by atoms with E-state index in [2.05, 4.69) is 5.32 Å². The molecule has 0 spiro atoms. The van der Waals surface area contributed by atoms with Crippen LogP contribution in [0.2, 0.25) is 0 Å². The van der Waals surface area contributed by atoms with E-state index in [1.165, 1.54) is 12.1 Å². The number of carbonyl (C=O) groups excluding carboxylic acids is 1. The fraction of sp³-hybridized carbons (Fsp3) is 0.562. The summed E-state index contributed by atoms with van der Waals surface area (Å²) in [6.07, 6.45) is 5.17. The van der Waals surface area contributed by atoms with E-state index in [1.807, 2.05) is 7.05 Å². The molecule has 0 saturated heterocycles. The highest BCUT2D eigenvalue weighted by Crippen LogP contribution is 2.32. The zero-order valence-electron chi connectivity index (χ0n) is 12.1. The Morgan fingerprint density at radius 3 is 2.50 bits per heavy atom. The summed E-state index contributed by atoms with van der Waals surface area (Å²) in [5, 5.41) is 3.21. The maximum Gasteiger partial charge on any atom is 0.170 e. The third-order valence-corrected chi connectivity index (χ3v) is 4.40. The maximum atomic E-state index is 14.0. The second-order valence-electron chi connectivity index (χ2n) is 5.74. The first kappa shape index (κ1) is 15.1. The lowest BCUT2D eigenvalue weighted by Crippen LogP contribution is -2.46. The molecule has 0 aromatic heterocycles. The quantitative estimate of drug-likeness (QED) is 0.851. The Balaban J connectivity index is 2.26. The number of rotatable bonds is 4. The van der Waals surface area contributed by atoms with Crippen LogP contribution in [0.25, 0.3) is 0 Å². The van der Waals surface area contributed by atoms with Crippen molar-refractivity contribution >= 4 is 5.78 Å².